The Morgan fingerprint density at radius 1 is 1.27 bits per heavy atom. The van der Waals surface area contributed by atoms with Crippen LogP contribution in [-0.4, -0.2) is 50.3 Å². The molecular formula is C26H26FN7O5S. The number of carbonyl (C=O) groups is 1. The van der Waals surface area contributed by atoms with Crippen LogP contribution in [-0.2, 0) is 16.1 Å². The molecule has 14 heteroatoms. The number of nitriles is 1. The number of rotatable bonds is 9. The third-order valence-corrected chi connectivity index (χ3v) is 8.09. The van der Waals surface area contributed by atoms with Crippen molar-refractivity contribution in [3.8, 4) is 16.8 Å². The van der Waals surface area contributed by atoms with E-state index >= 15 is 0 Å². The molecule has 0 unspecified atom stereocenters. The largest absolute Gasteiger partial charge is 0.496 e. The molecule has 208 valence electrons. The summed E-state index contributed by atoms with van der Waals surface area (Å²) in [5.74, 6) is -0.617. The van der Waals surface area contributed by atoms with Gasteiger partial charge in [0.15, 0.2) is 0 Å². The lowest BCUT2D eigenvalue weighted by atomic mass is 10.1. The number of hydrogen-bond donors (Lipinski definition) is 1. The summed E-state index contributed by atoms with van der Waals surface area (Å²) in [5, 5.41) is 20.9. The van der Waals surface area contributed by atoms with Gasteiger partial charge in [0.05, 0.1) is 50.5 Å². The number of benzene rings is 1. The first-order valence-electron chi connectivity index (χ1n) is 12.6. The quantitative estimate of drug-likeness (QED) is 0.304. The molecule has 1 fully saturated rings. The second-order valence-electron chi connectivity index (χ2n) is 9.20. The van der Waals surface area contributed by atoms with Crippen LogP contribution in [0, 0.1) is 24.1 Å². The molecule has 0 radical (unpaired) electrons. The van der Waals surface area contributed by atoms with Gasteiger partial charge in [-0.25, -0.2) is 13.8 Å². The first kappa shape index (κ1) is 27.2. The zero-order valence-corrected chi connectivity index (χ0v) is 22.6. The van der Waals surface area contributed by atoms with Crippen molar-refractivity contribution in [2.24, 2.45) is 0 Å². The predicted octanol–water partition coefficient (Wildman–Crippen LogP) is 2.38. The van der Waals surface area contributed by atoms with Crippen molar-refractivity contribution < 1.29 is 18.7 Å². The molecule has 4 heterocycles. The van der Waals surface area contributed by atoms with Crippen molar-refractivity contribution in [3.63, 3.8) is 0 Å². The van der Waals surface area contributed by atoms with Gasteiger partial charge in [-0.05, 0) is 38.0 Å². The van der Waals surface area contributed by atoms with E-state index < -0.39 is 35.1 Å². The van der Waals surface area contributed by atoms with Crippen LogP contribution < -0.4 is 21.3 Å². The molecule has 2 atom stereocenters. The van der Waals surface area contributed by atoms with Crippen molar-refractivity contribution in [2.75, 3.05) is 20.3 Å². The fourth-order valence-corrected chi connectivity index (χ4v) is 6.13. The van der Waals surface area contributed by atoms with E-state index in [2.05, 4.69) is 15.5 Å². The van der Waals surface area contributed by atoms with Crippen LogP contribution in [0.2, 0.25) is 0 Å². The summed E-state index contributed by atoms with van der Waals surface area (Å²) >= 11 is 1.15. The van der Waals surface area contributed by atoms with Gasteiger partial charge < -0.3 is 14.8 Å². The van der Waals surface area contributed by atoms with E-state index in [4.69, 9.17) is 14.7 Å². The Labute approximate surface area is 231 Å². The Morgan fingerprint density at radius 3 is 2.75 bits per heavy atom. The maximum atomic E-state index is 14.4. The summed E-state index contributed by atoms with van der Waals surface area (Å²) in [6.45, 7) is 2.05. The normalized spacial score (nSPS) is 16.1. The number of methoxy groups -OCH3 is 1. The number of aryl methyl sites for hydroxylation is 1. The van der Waals surface area contributed by atoms with E-state index in [1.54, 1.807) is 6.92 Å². The molecule has 0 aliphatic carbocycles. The SMILES string of the molecule is COc1ccc(F)cc1[C@H](Cn1c(=O)n([C@H]2CCCNC2=O)c(=O)c2c(C)c(-n3nccn3)sc21)OCCC#N. The molecule has 40 heavy (non-hydrogen) atoms. The lowest BCUT2D eigenvalue weighted by Gasteiger charge is -2.25. The topological polar surface area (TPSA) is 146 Å². The van der Waals surface area contributed by atoms with Gasteiger partial charge in [-0.1, -0.05) is 11.3 Å². The minimum absolute atomic E-state index is 0.00925. The summed E-state index contributed by atoms with van der Waals surface area (Å²) in [6.07, 6.45) is 3.05. The number of piperidine rings is 1. The average molecular weight is 568 g/mol. The van der Waals surface area contributed by atoms with E-state index in [0.717, 1.165) is 15.9 Å². The van der Waals surface area contributed by atoms with E-state index in [1.807, 2.05) is 6.07 Å². The molecule has 1 N–H and O–H groups in total. The molecule has 1 aliphatic heterocycles. The van der Waals surface area contributed by atoms with Gasteiger partial charge in [0, 0.05) is 17.7 Å². The van der Waals surface area contributed by atoms with Gasteiger partial charge in [0.1, 0.15) is 33.5 Å². The molecule has 1 aromatic carbocycles. The highest BCUT2D eigenvalue weighted by Crippen LogP contribution is 2.34. The standard InChI is InChI=1S/C26H26FN7O5S/c1-15-21-23(36)33(18-5-3-9-29-22(18)35)26(37)32(25(21)40-24(15)34-30-10-11-31-34)14-20(39-12-4-8-28)17-13-16(27)6-7-19(17)38-2/h6-7,10-11,13,18,20H,3-5,9,12,14H2,1-2H3,(H,29,35)/t18-,20-/m0/s1. The van der Waals surface area contributed by atoms with Crippen molar-refractivity contribution in [1.29, 1.82) is 5.26 Å². The second-order valence-corrected chi connectivity index (χ2v) is 10.2. The van der Waals surface area contributed by atoms with Crippen LogP contribution in [0.15, 0.2) is 40.2 Å². The number of thiophene rings is 1. The fraction of sp³-hybridized carbons (Fsp3) is 0.385. The lowest BCUT2D eigenvalue weighted by molar-refractivity contribution is -0.126. The molecule has 0 saturated carbocycles. The molecule has 0 bridgehead atoms. The van der Waals surface area contributed by atoms with E-state index in [1.165, 1.54) is 47.1 Å². The van der Waals surface area contributed by atoms with Crippen LogP contribution >= 0.6 is 11.3 Å². The van der Waals surface area contributed by atoms with Gasteiger partial charge in [-0.3, -0.25) is 14.2 Å². The summed E-state index contributed by atoms with van der Waals surface area (Å²) in [6, 6.07) is 4.96. The summed E-state index contributed by atoms with van der Waals surface area (Å²) in [7, 11) is 1.43. The average Bonchev–Trinajstić information content (AvgIpc) is 3.59. The molecule has 1 saturated heterocycles. The number of ether oxygens (including phenoxy) is 2. The Kier molecular flexibility index (Phi) is 7.76. The fourth-order valence-electron chi connectivity index (χ4n) is 4.91. The minimum atomic E-state index is -0.989. The Balaban J connectivity index is 1.75. The van der Waals surface area contributed by atoms with Crippen molar-refractivity contribution >= 4 is 27.5 Å². The molecule has 12 nitrogen and oxygen atoms in total. The van der Waals surface area contributed by atoms with E-state index in [-0.39, 0.29) is 25.0 Å². The number of carbonyl (C=O) groups excluding carboxylic acids is 1. The number of aromatic nitrogens is 5. The molecule has 5 rings (SSSR count). The first-order chi connectivity index (χ1) is 19.3. The van der Waals surface area contributed by atoms with Gasteiger partial charge in [-0.2, -0.15) is 15.5 Å². The first-order valence-corrected chi connectivity index (χ1v) is 13.4. The third kappa shape index (κ3) is 4.89. The maximum absolute atomic E-state index is 14.4. The minimum Gasteiger partial charge on any atom is -0.496 e. The zero-order chi connectivity index (χ0) is 28.4. The summed E-state index contributed by atoms with van der Waals surface area (Å²) in [4.78, 5) is 42.4. The Bertz CT molecular complexity index is 1720. The number of halogens is 1. The van der Waals surface area contributed by atoms with Crippen LogP contribution in [0.1, 0.15) is 42.5 Å². The van der Waals surface area contributed by atoms with Gasteiger partial charge in [-0.15, -0.1) is 4.80 Å². The van der Waals surface area contributed by atoms with Gasteiger partial charge >= 0.3 is 5.69 Å². The van der Waals surface area contributed by atoms with Crippen molar-refractivity contribution in [2.45, 2.75) is 44.9 Å². The van der Waals surface area contributed by atoms with Crippen LogP contribution in [0.4, 0.5) is 4.39 Å². The highest BCUT2D eigenvalue weighted by molar-refractivity contribution is 7.21. The number of nitrogens with zero attached hydrogens (tertiary/aromatic N) is 6. The van der Waals surface area contributed by atoms with Crippen LogP contribution in [0.5, 0.6) is 5.75 Å². The molecular weight excluding hydrogens is 541 g/mol. The molecule has 3 aromatic heterocycles. The Morgan fingerprint density at radius 2 is 2.05 bits per heavy atom. The maximum Gasteiger partial charge on any atom is 0.332 e. The number of amides is 1. The van der Waals surface area contributed by atoms with E-state index in [0.29, 0.717) is 46.1 Å². The summed E-state index contributed by atoms with van der Waals surface area (Å²) < 4.78 is 28.2. The second kappa shape index (κ2) is 11.4. The van der Waals surface area contributed by atoms with E-state index in [9.17, 15) is 18.8 Å². The summed E-state index contributed by atoms with van der Waals surface area (Å²) in [5.41, 5.74) is -0.415. The molecule has 0 spiro atoms. The Hall–Kier alpha value is -4.35. The van der Waals surface area contributed by atoms with Crippen molar-refractivity contribution in [3.05, 3.63) is 68.4 Å². The number of nitrogens with one attached hydrogen (secondary N) is 1. The third-order valence-electron chi connectivity index (χ3n) is 6.81. The zero-order valence-electron chi connectivity index (χ0n) is 21.8. The highest BCUT2D eigenvalue weighted by atomic mass is 32.1. The monoisotopic (exact) mass is 567 g/mol. The van der Waals surface area contributed by atoms with Crippen molar-refractivity contribution in [1.82, 2.24) is 29.4 Å². The number of fused-ring (bicyclic) bond motifs is 1. The van der Waals surface area contributed by atoms with Gasteiger partial charge in [0.2, 0.25) is 5.91 Å². The molecule has 1 amide bonds. The van der Waals surface area contributed by atoms with Crippen LogP contribution in [0.3, 0.4) is 0 Å². The predicted molar refractivity (Wildman–Crippen MR) is 143 cm³/mol. The number of hydrogen-bond acceptors (Lipinski definition) is 9. The smallest absolute Gasteiger partial charge is 0.332 e. The van der Waals surface area contributed by atoms with Crippen LogP contribution in [0.25, 0.3) is 15.2 Å². The molecule has 1 aliphatic rings. The lowest BCUT2D eigenvalue weighted by Crippen LogP contribution is -2.49. The highest BCUT2D eigenvalue weighted by Gasteiger charge is 2.31. The van der Waals surface area contributed by atoms with Gasteiger partial charge in [0.25, 0.3) is 5.56 Å². The molecule has 4 aromatic rings.